The first-order valence-corrected chi connectivity index (χ1v) is 6.45. The van der Waals surface area contributed by atoms with E-state index in [1.54, 1.807) is 0 Å². The number of ether oxygens (including phenoxy) is 1. The van der Waals surface area contributed by atoms with Crippen molar-refractivity contribution in [3.8, 4) is 0 Å². The number of H-pyrrole nitrogens is 1. The van der Waals surface area contributed by atoms with Crippen LogP contribution in [0.25, 0.3) is 0 Å². The number of aromatic amines is 1. The van der Waals surface area contributed by atoms with Gasteiger partial charge in [0.15, 0.2) is 0 Å². The lowest BCUT2D eigenvalue weighted by atomic mass is 10.0. The fraction of sp³-hybridized carbons (Fsp3) is 0.692. The summed E-state index contributed by atoms with van der Waals surface area (Å²) in [6.45, 7) is 12.9. The summed E-state index contributed by atoms with van der Waals surface area (Å²) in [5.74, 6) is 1.18. The van der Waals surface area contributed by atoms with Gasteiger partial charge in [-0.15, -0.1) is 0 Å². The molecule has 0 unspecified atom stereocenters. The van der Waals surface area contributed by atoms with E-state index in [1.807, 2.05) is 27.7 Å². The molecule has 96 valence electrons. The minimum absolute atomic E-state index is 0.385. The van der Waals surface area contributed by atoms with Crippen LogP contribution in [0.4, 0.5) is 0 Å². The summed E-state index contributed by atoms with van der Waals surface area (Å²) in [6, 6.07) is 0. The maximum absolute atomic E-state index is 5.69. The number of hydrogen-bond donors (Lipinski definition) is 1. The molecule has 1 aromatic rings. The van der Waals surface area contributed by atoms with Gasteiger partial charge in [-0.25, -0.2) is 4.98 Å². The van der Waals surface area contributed by atoms with Gasteiger partial charge in [-0.1, -0.05) is 26.1 Å². The van der Waals surface area contributed by atoms with Crippen LogP contribution in [0.5, 0.6) is 0 Å². The molecule has 0 atom stereocenters. The van der Waals surface area contributed by atoms with E-state index >= 15 is 0 Å². The Hall–Kier alpha value is -0.740. The SMILES string of the molecule is CCOC(C)(C)c1nc(=S)c(C(C)C)c(C)[nH]1. The molecule has 0 bridgehead atoms. The van der Waals surface area contributed by atoms with Crippen LogP contribution < -0.4 is 0 Å². The van der Waals surface area contributed by atoms with Crippen molar-refractivity contribution in [3.63, 3.8) is 0 Å². The molecule has 0 aliphatic heterocycles. The maximum atomic E-state index is 5.69. The molecule has 0 fully saturated rings. The predicted molar refractivity (Wildman–Crippen MR) is 72.9 cm³/mol. The monoisotopic (exact) mass is 254 g/mol. The van der Waals surface area contributed by atoms with Crippen LogP contribution in [0.1, 0.15) is 57.6 Å². The molecule has 0 saturated carbocycles. The highest BCUT2D eigenvalue weighted by Gasteiger charge is 2.24. The van der Waals surface area contributed by atoms with Crippen molar-refractivity contribution >= 4 is 12.2 Å². The van der Waals surface area contributed by atoms with Gasteiger partial charge in [-0.2, -0.15) is 0 Å². The van der Waals surface area contributed by atoms with Crippen LogP contribution in [0.3, 0.4) is 0 Å². The molecule has 4 heteroatoms. The van der Waals surface area contributed by atoms with Gasteiger partial charge >= 0.3 is 0 Å². The van der Waals surface area contributed by atoms with Crippen molar-refractivity contribution in [2.24, 2.45) is 0 Å². The van der Waals surface area contributed by atoms with Gasteiger partial charge in [0.05, 0.1) is 0 Å². The molecule has 0 amide bonds. The first-order chi connectivity index (χ1) is 7.79. The predicted octanol–water partition coefficient (Wildman–Crippen LogP) is 3.84. The normalized spacial score (nSPS) is 12.2. The molecule has 1 aromatic heterocycles. The van der Waals surface area contributed by atoms with E-state index in [4.69, 9.17) is 17.0 Å². The Morgan fingerprint density at radius 2 is 2.00 bits per heavy atom. The van der Waals surface area contributed by atoms with E-state index in [0.29, 0.717) is 17.2 Å². The lowest BCUT2D eigenvalue weighted by molar-refractivity contribution is -0.0210. The quantitative estimate of drug-likeness (QED) is 0.829. The van der Waals surface area contributed by atoms with Gasteiger partial charge in [0.1, 0.15) is 16.1 Å². The minimum Gasteiger partial charge on any atom is -0.368 e. The molecule has 1 heterocycles. The van der Waals surface area contributed by atoms with E-state index in [0.717, 1.165) is 17.1 Å². The van der Waals surface area contributed by atoms with Crippen LogP contribution in [0, 0.1) is 11.6 Å². The van der Waals surface area contributed by atoms with E-state index in [-0.39, 0.29) is 0 Å². The Morgan fingerprint density at radius 1 is 1.41 bits per heavy atom. The fourth-order valence-electron chi connectivity index (χ4n) is 1.99. The first-order valence-electron chi connectivity index (χ1n) is 6.04. The molecule has 1 N–H and O–H groups in total. The second-order valence-electron chi connectivity index (χ2n) is 5.03. The van der Waals surface area contributed by atoms with Gasteiger partial charge in [-0.3, -0.25) is 0 Å². The second kappa shape index (κ2) is 5.27. The third kappa shape index (κ3) is 3.13. The summed E-state index contributed by atoms with van der Waals surface area (Å²) in [5.41, 5.74) is 1.78. The Bertz CT molecular complexity index is 449. The molecule has 1 rings (SSSR count). The molecule has 0 aliphatic carbocycles. The third-order valence-corrected chi connectivity index (χ3v) is 3.12. The largest absolute Gasteiger partial charge is 0.368 e. The lowest BCUT2D eigenvalue weighted by Crippen LogP contribution is -2.25. The highest BCUT2D eigenvalue weighted by Crippen LogP contribution is 2.24. The van der Waals surface area contributed by atoms with Crippen molar-refractivity contribution in [1.29, 1.82) is 0 Å². The summed E-state index contributed by atoms with van der Waals surface area (Å²) in [4.78, 5) is 7.80. The van der Waals surface area contributed by atoms with Crippen LogP contribution in [-0.2, 0) is 10.3 Å². The van der Waals surface area contributed by atoms with Crippen LogP contribution in [0.2, 0.25) is 0 Å². The summed E-state index contributed by atoms with van der Waals surface area (Å²) >= 11 is 5.37. The average Bonchev–Trinajstić information content (AvgIpc) is 2.15. The van der Waals surface area contributed by atoms with Crippen molar-refractivity contribution < 1.29 is 4.74 Å². The van der Waals surface area contributed by atoms with Gasteiger partial charge in [0, 0.05) is 17.9 Å². The van der Waals surface area contributed by atoms with Crippen molar-refractivity contribution in [2.75, 3.05) is 6.61 Å². The van der Waals surface area contributed by atoms with Gasteiger partial charge in [0.25, 0.3) is 0 Å². The van der Waals surface area contributed by atoms with Crippen LogP contribution >= 0.6 is 12.2 Å². The zero-order valence-electron chi connectivity index (χ0n) is 11.5. The Kier molecular flexibility index (Phi) is 4.44. The lowest BCUT2D eigenvalue weighted by Gasteiger charge is -2.25. The van der Waals surface area contributed by atoms with Crippen molar-refractivity contribution in [3.05, 3.63) is 21.7 Å². The molecule has 0 saturated heterocycles. The Morgan fingerprint density at radius 3 is 2.41 bits per heavy atom. The minimum atomic E-state index is -0.428. The number of nitrogens with one attached hydrogen (secondary N) is 1. The fourth-order valence-corrected chi connectivity index (χ4v) is 2.47. The van der Waals surface area contributed by atoms with Crippen LogP contribution in [0.15, 0.2) is 0 Å². The van der Waals surface area contributed by atoms with Gasteiger partial charge in [-0.05, 0) is 33.6 Å². The average molecular weight is 254 g/mol. The number of aromatic nitrogens is 2. The summed E-state index contributed by atoms with van der Waals surface area (Å²) < 4.78 is 6.37. The smallest absolute Gasteiger partial charge is 0.139 e. The van der Waals surface area contributed by atoms with Crippen molar-refractivity contribution in [1.82, 2.24) is 9.97 Å². The highest BCUT2D eigenvalue weighted by molar-refractivity contribution is 7.71. The number of rotatable bonds is 4. The maximum Gasteiger partial charge on any atom is 0.139 e. The Balaban J connectivity index is 3.28. The summed E-state index contributed by atoms with van der Waals surface area (Å²) in [6.07, 6.45) is 0. The molecule has 0 aliphatic rings. The number of hydrogen-bond acceptors (Lipinski definition) is 3. The zero-order valence-corrected chi connectivity index (χ0v) is 12.4. The van der Waals surface area contributed by atoms with Gasteiger partial charge in [0.2, 0.25) is 0 Å². The van der Waals surface area contributed by atoms with Crippen molar-refractivity contribution in [2.45, 2.75) is 53.1 Å². The molecular weight excluding hydrogens is 232 g/mol. The van der Waals surface area contributed by atoms with E-state index in [9.17, 15) is 0 Å². The Labute approximate surface area is 109 Å². The molecule has 0 radical (unpaired) electrons. The second-order valence-corrected chi connectivity index (χ2v) is 5.41. The summed E-state index contributed by atoms with van der Waals surface area (Å²) in [5, 5.41) is 0. The van der Waals surface area contributed by atoms with E-state index < -0.39 is 5.60 Å². The molecule has 3 nitrogen and oxygen atoms in total. The first kappa shape index (κ1) is 14.3. The number of nitrogens with zero attached hydrogens (tertiary/aromatic N) is 1. The van der Waals surface area contributed by atoms with Gasteiger partial charge < -0.3 is 9.72 Å². The highest BCUT2D eigenvalue weighted by atomic mass is 32.1. The standard InChI is InChI=1S/C13H22N2OS/c1-7-16-13(5,6)12-14-9(4)10(8(2)3)11(17)15-12/h8H,7H2,1-6H3,(H,14,15,17). The molecular formula is C13H22N2OS. The number of aryl methyl sites for hydroxylation is 1. The molecule has 17 heavy (non-hydrogen) atoms. The van der Waals surface area contributed by atoms with E-state index in [1.165, 1.54) is 0 Å². The molecule has 0 spiro atoms. The topological polar surface area (TPSA) is 37.9 Å². The third-order valence-electron chi connectivity index (χ3n) is 2.81. The molecule has 0 aromatic carbocycles. The zero-order chi connectivity index (χ0) is 13.2. The summed E-state index contributed by atoms with van der Waals surface area (Å²) in [7, 11) is 0. The van der Waals surface area contributed by atoms with E-state index in [2.05, 4.69) is 23.8 Å². The van der Waals surface area contributed by atoms with Crippen LogP contribution in [-0.4, -0.2) is 16.6 Å².